The topological polar surface area (TPSA) is 60.3 Å². The molecular weight excluding hydrogens is 328 g/mol. The van der Waals surface area contributed by atoms with Gasteiger partial charge in [-0.3, -0.25) is 14.3 Å². The molecule has 0 fully saturated rings. The zero-order valence-corrected chi connectivity index (χ0v) is 15.0. The van der Waals surface area contributed by atoms with Gasteiger partial charge >= 0.3 is 0 Å². The molecule has 6 heteroatoms. The third-order valence-electron chi connectivity index (χ3n) is 4.67. The Morgan fingerprint density at radius 3 is 2.77 bits per heavy atom. The number of aromatic nitrogens is 3. The van der Waals surface area contributed by atoms with Crippen LogP contribution in [0.3, 0.4) is 0 Å². The molecule has 1 unspecified atom stereocenters. The van der Waals surface area contributed by atoms with E-state index in [2.05, 4.69) is 23.0 Å². The molecule has 26 heavy (non-hydrogen) atoms. The monoisotopic (exact) mass is 348 g/mol. The molecule has 0 N–H and O–H groups in total. The number of hydrogen-bond acceptors (Lipinski definition) is 4. The zero-order chi connectivity index (χ0) is 18.3. The molecule has 132 valence electrons. The molecule has 1 aliphatic heterocycles. The van der Waals surface area contributed by atoms with Crippen molar-refractivity contribution in [2.24, 2.45) is 0 Å². The van der Waals surface area contributed by atoms with Gasteiger partial charge in [0.1, 0.15) is 11.4 Å². The molecule has 3 heterocycles. The van der Waals surface area contributed by atoms with E-state index >= 15 is 0 Å². The van der Waals surface area contributed by atoms with E-state index in [0.717, 1.165) is 29.3 Å². The lowest BCUT2D eigenvalue weighted by atomic mass is 10.1. The third kappa shape index (κ3) is 2.63. The predicted octanol–water partition coefficient (Wildman–Crippen LogP) is 3.24. The third-order valence-corrected chi connectivity index (χ3v) is 4.67. The van der Waals surface area contributed by atoms with Gasteiger partial charge in [0, 0.05) is 31.7 Å². The number of anilines is 1. The van der Waals surface area contributed by atoms with Crippen LogP contribution in [-0.4, -0.2) is 33.6 Å². The van der Waals surface area contributed by atoms with Gasteiger partial charge in [-0.05, 0) is 37.1 Å². The Hall–Kier alpha value is -3.15. The molecule has 1 aliphatic rings. The maximum absolute atomic E-state index is 12.1. The van der Waals surface area contributed by atoms with E-state index in [1.807, 2.05) is 41.2 Å². The molecule has 0 spiro atoms. The Bertz CT molecular complexity index is 962. The van der Waals surface area contributed by atoms with Crippen molar-refractivity contribution in [3.8, 4) is 23.0 Å². The van der Waals surface area contributed by atoms with Crippen LogP contribution in [0.1, 0.15) is 19.4 Å². The lowest BCUT2D eigenvalue weighted by molar-refractivity contribution is -0.125. The summed E-state index contributed by atoms with van der Waals surface area (Å²) >= 11 is 0. The number of ether oxygens (including phenoxy) is 1. The Morgan fingerprint density at radius 1 is 1.19 bits per heavy atom. The van der Waals surface area contributed by atoms with Gasteiger partial charge in [0.2, 0.25) is 0 Å². The van der Waals surface area contributed by atoms with Gasteiger partial charge in [-0.2, -0.15) is 0 Å². The fraction of sp³-hybridized carbons (Fsp3) is 0.250. The molecule has 1 atom stereocenters. The molecule has 0 bridgehead atoms. The first-order valence-electron chi connectivity index (χ1n) is 8.65. The number of amides is 1. The lowest BCUT2D eigenvalue weighted by Crippen LogP contribution is -2.41. The highest BCUT2D eigenvalue weighted by molar-refractivity contribution is 5.99. The van der Waals surface area contributed by atoms with Crippen molar-refractivity contribution in [1.82, 2.24) is 14.5 Å². The minimum absolute atomic E-state index is 0.0474. The molecule has 4 rings (SSSR count). The number of benzene rings is 1. The van der Waals surface area contributed by atoms with Crippen molar-refractivity contribution in [3.05, 3.63) is 54.5 Å². The first kappa shape index (κ1) is 16.3. The Kier molecular flexibility index (Phi) is 3.95. The van der Waals surface area contributed by atoms with Crippen LogP contribution < -0.4 is 9.64 Å². The summed E-state index contributed by atoms with van der Waals surface area (Å²) in [5.74, 6) is 1.40. The van der Waals surface area contributed by atoms with Crippen LogP contribution in [0.25, 0.3) is 17.2 Å². The molecular formula is C20H20N4O2. The van der Waals surface area contributed by atoms with Crippen molar-refractivity contribution in [1.29, 1.82) is 0 Å². The highest BCUT2D eigenvalue weighted by Crippen LogP contribution is 2.35. The van der Waals surface area contributed by atoms with Gasteiger partial charge in [0.15, 0.2) is 11.9 Å². The van der Waals surface area contributed by atoms with Gasteiger partial charge in [0.05, 0.1) is 11.4 Å². The maximum atomic E-state index is 12.1. The molecule has 2 aromatic heterocycles. The van der Waals surface area contributed by atoms with Gasteiger partial charge in [-0.1, -0.05) is 13.0 Å². The molecule has 0 radical (unpaired) electrons. The van der Waals surface area contributed by atoms with Crippen LogP contribution in [0.5, 0.6) is 5.75 Å². The van der Waals surface area contributed by atoms with Crippen LogP contribution in [0, 0.1) is 0 Å². The van der Waals surface area contributed by atoms with Crippen molar-refractivity contribution < 1.29 is 9.53 Å². The highest BCUT2D eigenvalue weighted by Gasteiger charge is 2.29. The number of aryl methyl sites for hydroxylation is 1. The highest BCUT2D eigenvalue weighted by atomic mass is 16.5. The van der Waals surface area contributed by atoms with E-state index in [4.69, 9.17) is 4.74 Å². The Balaban J connectivity index is 1.75. The summed E-state index contributed by atoms with van der Waals surface area (Å²) in [5, 5.41) is 0. The maximum Gasteiger partial charge on any atom is 0.267 e. The molecule has 0 saturated carbocycles. The average molecular weight is 348 g/mol. The number of carbonyl (C=O) groups is 1. The predicted molar refractivity (Wildman–Crippen MR) is 99.7 cm³/mol. The molecule has 3 aromatic rings. The van der Waals surface area contributed by atoms with Gasteiger partial charge in [-0.15, -0.1) is 0 Å². The quantitative estimate of drug-likeness (QED) is 0.729. The molecule has 0 aliphatic carbocycles. The van der Waals surface area contributed by atoms with Gasteiger partial charge < -0.3 is 9.64 Å². The number of fused-ring (bicyclic) bond motifs is 1. The van der Waals surface area contributed by atoms with Crippen LogP contribution >= 0.6 is 0 Å². The zero-order valence-electron chi connectivity index (χ0n) is 15.0. The van der Waals surface area contributed by atoms with Crippen molar-refractivity contribution in [2.45, 2.75) is 26.4 Å². The fourth-order valence-corrected chi connectivity index (χ4v) is 3.12. The minimum atomic E-state index is -0.492. The minimum Gasteiger partial charge on any atom is -0.479 e. The Morgan fingerprint density at radius 2 is 2.04 bits per heavy atom. The normalized spacial score (nSPS) is 16.3. The number of nitrogens with zero attached hydrogens (tertiary/aromatic N) is 4. The summed E-state index contributed by atoms with van der Waals surface area (Å²) in [4.78, 5) is 22.7. The SMILES string of the molecule is CCc1ccc(-c2nccn2-c2ccc3c(c2)OC(C)C(=O)N3C)nc1. The molecule has 6 nitrogen and oxygen atoms in total. The fourth-order valence-electron chi connectivity index (χ4n) is 3.12. The number of imidazole rings is 1. The lowest BCUT2D eigenvalue weighted by Gasteiger charge is -2.30. The summed E-state index contributed by atoms with van der Waals surface area (Å²) in [6, 6.07) is 9.83. The number of carbonyl (C=O) groups excluding carboxylic acids is 1. The van der Waals surface area contributed by atoms with E-state index in [0.29, 0.717) is 5.75 Å². The van der Waals surface area contributed by atoms with Crippen LogP contribution in [0.2, 0.25) is 0 Å². The second-order valence-electron chi connectivity index (χ2n) is 6.34. The van der Waals surface area contributed by atoms with Crippen molar-refractivity contribution in [3.63, 3.8) is 0 Å². The van der Waals surface area contributed by atoms with E-state index < -0.39 is 6.10 Å². The van der Waals surface area contributed by atoms with Crippen molar-refractivity contribution >= 4 is 11.6 Å². The van der Waals surface area contributed by atoms with Crippen molar-refractivity contribution in [2.75, 3.05) is 11.9 Å². The Labute approximate surface area is 152 Å². The smallest absolute Gasteiger partial charge is 0.267 e. The van der Waals surface area contributed by atoms with Crippen LogP contribution in [0.4, 0.5) is 5.69 Å². The largest absolute Gasteiger partial charge is 0.479 e. The number of hydrogen-bond donors (Lipinski definition) is 0. The van der Waals surface area contributed by atoms with Crippen LogP contribution in [0.15, 0.2) is 48.9 Å². The molecule has 0 saturated heterocycles. The summed E-state index contributed by atoms with van der Waals surface area (Å²) in [5.41, 5.74) is 3.68. The molecule has 1 amide bonds. The van der Waals surface area contributed by atoms with E-state index in [1.54, 1.807) is 25.1 Å². The summed E-state index contributed by atoms with van der Waals surface area (Å²) in [6.07, 6.45) is 5.99. The average Bonchev–Trinajstić information content (AvgIpc) is 3.15. The van der Waals surface area contributed by atoms with E-state index in [-0.39, 0.29) is 5.91 Å². The number of pyridine rings is 1. The number of likely N-dealkylation sites (N-methyl/N-ethyl adjacent to an activating group) is 1. The second kappa shape index (κ2) is 6.29. The van der Waals surface area contributed by atoms with E-state index in [1.165, 1.54) is 5.56 Å². The van der Waals surface area contributed by atoms with Gasteiger partial charge in [0.25, 0.3) is 5.91 Å². The van der Waals surface area contributed by atoms with E-state index in [9.17, 15) is 4.79 Å². The first-order valence-corrected chi connectivity index (χ1v) is 8.65. The first-order chi connectivity index (χ1) is 12.6. The molecule has 1 aromatic carbocycles. The summed E-state index contributed by atoms with van der Waals surface area (Å²) in [7, 11) is 1.77. The van der Waals surface area contributed by atoms with Crippen LogP contribution in [-0.2, 0) is 11.2 Å². The standard InChI is InChI=1S/C20H20N4O2/c1-4-14-5-7-16(22-12-14)19-21-9-10-24(19)15-6-8-17-18(11-15)26-13(2)20(25)23(17)3/h5-13H,4H2,1-3H3. The number of rotatable bonds is 3. The van der Waals surface area contributed by atoms with Gasteiger partial charge in [-0.25, -0.2) is 4.98 Å². The summed E-state index contributed by atoms with van der Waals surface area (Å²) < 4.78 is 7.76. The summed E-state index contributed by atoms with van der Waals surface area (Å²) in [6.45, 7) is 3.86. The second-order valence-corrected chi connectivity index (χ2v) is 6.34.